The van der Waals surface area contributed by atoms with Crippen molar-refractivity contribution in [3.63, 3.8) is 0 Å². The van der Waals surface area contributed by atoms with Crippen LogP contribution in [0.5, 0.6) is 0 Å². The molecule has 0 amide bonds. The van der Waals surface area contributed by atoms with Crippen molar-refractivity contribution in [1.82, 2.24) is 15.1 Å². The molecule has 0 rings (SSSR count). The molecular formula is C15H35N3. The van der Waals surface area contributed by atoms with E-state index in [0.29, 0.717) is 6.04 Å². The second-order valence-corrected chi connectivity index (χ2v) is 6.10. The van der Waals surface area contributed by atoms with Crippen molar-refractivity contribution in [2.45, 2.75) is 46.6 Å². The predicted octanol–water partition coefficient (Wildman–Crippen LogP) is 2.28. The largest absolute Gasteiger partial charge is 0.315 e. The number of hydrogen-bond acceptors (Lipinski definition) is 3. The van der Waals surface area contributed by atoms with Crippen LogP contribution in [0.2, 0.25) is 0 Å². The molecule has 1 unspecified atom stereocenters. The number of rotatable bonds is 11. The lowest BCUT2D eigenvalue weighted by Gasteiger charge is -2.31. The van der Waals surface area contributed by atoms with Gasteiger partial charge >= 0.3 is 0 Å². The van der Waals surface area contributed by atoms with E-state index in [1.165, 1.54) is 25.9 Å². The number of unbranched alkanes of at least 4 members (excludes halogenated alkanes) is 1. The van der Waals surface area contributed by atoms with Crippen LogP contribution in [0.25, 0.3) is 0 Å². The molecule has 0 spiro atoms. The van der Waals surface area contributed by atoms with Crippen molar-refractivity contribution in [3.05, 3.63) is 0 Å². The highest BCUT2D eigenvalue weighted by Crippen LogP contribution is 2.04. The smallest absolute Gasteiger partial charge is 0.0193 e. The molecule has 1 atom stereocenters. The third kappa shape index (κ3) is 9.86. The summed E-state index contributed by atoms with van der Waals surface area (Å²) in [5, 5.41) is 3.57. The fourth-order valence-electron chi connectivity index (χ4n) is 2.03. The minimum absolute atomic E-state index is 0.629. The topological polar surface area (TPSA) is 18.5 Å². The Hall–Kier alpha value is -0.120. The fourth-order valence-corrected chi connectivity index (χ4v) is 2.03. The van der Waals surface area contributed by atoms with E-state index in [9.17, 15) is 0 Å². The Balaban J connectivity index is 4.00. The summed E-state index contributed by atoms with van der Waals surface area (Å²) in [7, 11) is 4.30. The van der Waals surface area contributed by atoms with Crippen LogP contribution in [0.15, 0.2) is 0 Å². The fraction of sp³-hybridized carbons (Fsp3) is 1.00. The Bertz CT molecular complexity index is 181. The predicted molar refractivity (Wildman–Crippen MR) is 82.2 cm³/mol. The zero-order valence-electron chi connectivity index (χ0n) is 13.5. The van der Waals surface area contributed by atoms with Crippen LogP contribution >= 0.6 is 0 Å². The maximum absolute atomic E-state index is 3.57. The van der Waals surface area contributed by atoms with Gasteiger partial charge < -0.3 is 10.2 Å². The maximum atomic E-state index is 3.57. The minimum atomic E-state index is 0.629. The molecule has 0 aromatic heterocycles. The van der Waals surface area contributed by atoms with Crippen LogP contribution in [-0.4, -0.2) is 62.7 Å². The van der Waals surface area contributed by atoms with E-state index in [1.54, 1.807) is 0 Å². The minimum Gasteiger partial charge on any atom is -0.315 e. The molecule has 0 aliphatic carbocycles. The Morgan fingerprint density at radius 2 is 1.72 bits per heavy atom. The van der Waals surface area contributed by atoms with Gasteiger partial charge in [0.2, 0.25) is 0 Å². The van der Waals surface area contributed by atoms with Crippen LogP contribution in [0.1, 0.15) is 40.5 Å². The summed E-state index contributed by atoms with van der Waals surface area (Å²) in [6, 6.07) is 0.629. The van der Waals surface area contributed by atoms with Crippen LogP contribution in [0, 0.1) is 5.92 Å². The second-order valence-electron chi connectivity index (χ2n) is 6.10. The van der Waals surface area contributed by atoms with Gasteiger partial charge in [0.1, 0.15) is 0 Å². The molecule has 0 aliphatic rings. The lowest BCUT2D eigenvalue weighted by molar-refractivity contribution is 0.167. The monoisotopic (exact) mass is 257 g/mol. The lowest BCUT2D eigenvalue weighted by atomic mass is 10.1. The van der Waals surface area contributed by atoms with Crippen molar-refractivity contribution >= 4 is 0 Å². The van der Waals surface area contributed by atoms with Crippen molar-refractivity contribution in [1.29, 1.82) is 0 Å². The Morgan fingerprint density at radius 3 is 2.22 bits per heavy atom. The van der Waals surface area contributed by atoms with E-state index in [-0.39, 0.29) is 0 Å². The summed E-state index contributed by atoms with van der Waals surface area (Å²) in [6.07, 6.45) is 2.56. The number of likely N-dealkylation sites (N-methyl/N-ethyl adjacent to an activating group) is 1. The van der Waals surface area contributed by atoms with Gasteiger partial charge in [-0.1, -0.05) is 27.2 Å². The number of nitrogens with zero attached hydrogens (tertiary/aromatic N) is 2. The first kappa shape index (κ1) is 17.9. The highest BCUT2D eigenvalue weighted by Gasteiger charge is 2.14. The second kappa shape index (κ2) is 10.8. The Kier molecular flexibility index (Phi) is 10.7. The molecule has 110 valence electrons. The molecule has 0 heterocycles. The van der Waals surface area contributed by atoms with Gasteiger partial charge in [0.25, 0.3) is 0 Å². The molecule has 0 radical (unpaired) electrons. The first-order valence-corrected chi connectivity index (χ1v) is 7.56. The van der Waals surface area contributed by atoms with Crippen molar-refractivity contribution in [3.8, 4) is 0 Å². The van der Waals surface area contributed by atoms with E-state index in [0.717, 1.165) is 25.6 Å². The molecule has 3 nitrogen and oxygen atoms in total. The third-order valence-electron chi connectivity index (χ3n) is 3.20. The average Bonchev–Trinajstić information content (AvgIpc) is 2.29. The quantitative estimate of drug-likeness (QED) is 0.573. The molecule has 0 saturated heterocycles. The van der Waals surface area contributed by atoms with Gasteiger partial charge in [-0.15, -0.1) is 0 Å². The summed E-state index contributed by atoms with van der Waals surface area (Å²) in [6.45, 7) is 15.0. The molecule has 18 heavy (non-hydrogen) atoms. The van der Waals surface area contributed by atoms with E-state index in [2.05, 4.69) is 56.9 Å². The van der Waals surface area contributed by atoms with Gasteiger partial charge in [0, 0.05) is 32.2 Å². The summed E-state index contributed by atoms with van der Waals surface area (Å²) in [4.78, 5) is 4.88. The van der Waals surface area contributed by atoms with E-state index < -0.39 is 0 Å². The standard InChI is InChI=1S/C15H35N3/c1-7-8-9-16-12-15(4)18(13-14(2)3)11-10-17(5)6/h14-16H,7-13H2,1-6H3. The summed E-state index contributed by atoms with van der Waals surface area (Å²) in [5.74, 6) is 0.741. The highest BCUT2D eigenvalue weighted by molar-refractivity contribution is 4.72. The summed E-state index contributed by atoms with van der Waals surface area (Å²) < 4.78 is 0. The van der Waals surface area contributed by atoms with Gasteiger partial charge in [-0.25, -0.2) is 0 Å². The molecule has 1 N–H and O–H groups in total. The highest BCUT2D eigenvalue weighted by atomic mass is 15.2. The Morgan fingerprint density at radius 1 is 1.06 bits per heavy atom. The van der Waals surface area contributed by atoms with Crippen LogP contribution in [-0.2, 0) is 0 Å². The van der Waals surface area contributed by atoms with Crippen LogP contribution < -0.4 is 5.32 Å². The summed E-state index contributed by atoms with van der Waals surface area (Å²) >= 11 is 0. The average molecular weight is 257 g/mol. The van der Waals surface area contributed by atoms with Crippen molar-refractivity contribution < 1.29 is 0 Å². The SMILES string of the molecule is CCCCNCC(C)N(CCN(C)C)CC(C)C. The van der Waals surface area contributed by atoms with Gasteiger partial charge in [-0.3, -0.25) is 4.90 Å². The molecular weight excluding hydrogens is 222 g/mol. The summed E-state index contributed by atoms with van der Waals surface area (Å²) in [5.41, 5.74) is 0. The van der Waals surface area contributed by atoms with Gasteiger partial charge in [-0.2, -0.15) is 0 Å². The molecule has 0 aromatic rings. The van der Waals surface area contributed by atoms with Crippen LogP contribution in [0.4, 0.5) is 0 Å². The molecule has 0 saturated carbocycles. The van der Waals surface area contributed by atoms with E-state index in [1.807, 2.05) is 0 Å². The van der Waals surface area contributed by atoms with Gasteiger partial charge in [0.15, 0.2) is 0 Å². The first-order chi connectivity index (χ1) is 8.47. The van der Waals surface area contributed by atoms with Gasteiger partial charge in [-0.05, 0) is 39.9 Å². The zero-order valence-corrected chi connectivity index (χ0v) is 13.5. The molecule has 0 aliphatic heterocycles. The van der Waals surface area contributed by atoms with E-state index >= 15 is 0 Å². The number of nitrogens with one attached hydrogen (secondary N) is 1. The third-order valence-corrected chi connectivity index (χ3v) is 3.20. The van der Waals surface area contributed by atoms with Crippen molar-refractivity contribution in [2.24, 2.45) is 5.92 Å². The van der Waals surface area contributed by atoms with Gasteiger partial charge in [0.05, 0.1) is 0 Å². The number of hydrogen-bond donors (Lipinski definition) is 1. The molecule has 3 heteroatoms. The first-order valence-electron chi connectivity index (χ1n) is 7.56. The molecule has 0 bridgehead atoms. The maximum Gasteiger partial charge on any atom is 0.0193 e. The van der Waals surface area contributed by atoms with Crippen molar-refractivity contribution in [2.75, 3.05) is 46.8 Å². The molecule has 0 aromatic carbocycles. The normalized spacial score (nSPS) is 13.8. The lowest BCUT2D eigenvalue weighted by Crippen LogP contribution is -2.45. The Labute approximate surface area is 115 Å². The molecule has 0 fully saturated rings. The zero-order chi connectivity index (χ0) is 14.0. The van der Waals surface area contributed by atoms with E-state index in [4.69, 9.17) is 0 Å². The van der Waals surface area contributed by atoms with Crippen LogP contribution in [0.3, 0.4) is 0 Å².